The fraction of sp³-hybridized carbons (Fsp3) is 0.381. The number of carbonyl (C=O) groups is 1. The van der Waals surface area contributed by atoms with Crippen LogP contribution in [0.15, 0.2) is 30.5 Å². The topological polar surface area (TPSA) is 112 Å². The van der Waals surface area contributed by atoms with Crippen LogP contribution in [-0.4, -0.2) is 31.3 Å². The van der Waals surface area contributed by atoms with Gasteiger partial charge in [-0.3, -0.25) is 14.5 Å². The third-order valence-corrected chi connectivity index (χ3v) is 5.33. The Morgan fingerprint density at radius 2 is 1.91 bits per heavy atom. The van der Waals surface area contributed by atoms with E-state index < -0.39 is 39.4 Å². The number of alkyl halides is 3. The van der Waals surface area contributed by atoms with Gasteiger partial charge in [-0.1, -0.05) is 19.4 Å². The van der Waals surface area contributed by atoms with Crippen molar-refractivity contribution in [2.75, 3.05) is 11.0 Å². The lowest BCUT2D eigenvalue weighted by Gasteiger charge is -2.16. The van der Waals surface area contributed by atoms with Gasteiger partial charge in [0.25, 0.3) is 0 Å². The van der Waals surface area contributed by atoms with Crippen molar-refractivity contribution in [1.29, 1.82) is 5.41 Å². The van der Waals surface area contributed by atoms with Gasteiger partial charge < -0.3 is 10.7 Å². The van der Waals surface area contributed by atoms with Gasteiger partial charge in [0.05, 0.1) is 35.7 Å². The SMILES string of the molecule is CCCC(=N)c1cc(C(F)(F)F)cnc1CNC(=O)C(C)c1ccc(NS(C)(=O)=O)c(F)c1. The van der Waals surface area contributed by atoms with E-state index in [1.54, 1.807) is 6.92 Å². The molecular formula is C21H24F4N4O3S. The maximum absolute atomic E-state index is 14.2. The van der Waals surface area contributed by atoms with Crippen molar-refractivity contribution in [2.24, 2.45) is 0 Å². The molecule has 1 aromatic heterocycles. The zero-order chi connectivity index (χ0) is 25.0. The fourth-order valence-corrected chi connectivity index (χ4v) is 3.56. The van der Waals surface area contributed by atoms with E-state index in [9.17, 15) is 30.8 Å². The van der Waals surface area contributed by atoms with E-state index in [1.807, 2.05) is 4.72 Å². The van der Waals surface area contributed by atoms with Gasteiger partial charge in [-0.2, -0.15) is 13.2 Å². The zero-order valence-electron chi connectivity index (χ0n) is 18.2. The van der Waals surface area contributed by atoms with Crippen molar-refractivity contribution in [3.8, 4) is 0 Å². The van der Waals surface area contributed by atoms with Crippen LogP contribution in [0.25, 0.3) is 0 Å². The first kappa shape index (κ1) is 26.2. The van der Waals surface area contributed by atoms with Crippen LogP contribution in [0.4, 0.5) is 23.2 Å². The molecule has 0 aliphatic rings. The first-order valence-corrected chi connectivity index (χ1v) is 11.8. The number of aromatic nitrogens is 1. The minimum atomic E-state index is -4.62. The summed E-state index contributed by atoms with van der Waals surface area (Å²) in [4.78, 5) is 16.4. The number of carbonyl (C=O) groups excluding carboxylic acids is 1. The number of anilines is 1. The van der Waals surface area contributed by atoms with E-state index in [-0.39, 0.29) is 41.2 Å². The Balaban J connectivity index is 2.19. The lowest BCUT2D eigenvalue weighted by Crippen LogP contribution is -2.29. The Kier molecular flexibility index (Phi) is 8.17. The minimum absolute atomic E-state index is 0.00174. The first-order valence-electron chi connectivity index (χ1n) is 9.91. The summed E-state index contributed by atoms with van der Waals surface area (Å²) in [6, 6.07) is 4.45. The van der Waals surface area contributed by atoms with Crippen molar-refractivity contribution < 1.29 is 30.8 Å². The van der Waals surface area contributed by atoms with Crippen LogP contribution in [0.2, 0.25) is 0 Å². The first-order chi connectivity index (χ1) is 15.2. The van der Waals surface area contributed by atoms with E-state index >= 15 is 0 Å². The van der Waals surface area contributed by atoms with E-state index in [2.05, 4.69) is 10.3 Å². The van der Waals surface area contributed by atoms with Gasteiger partial charge in [0.1, 0.15) is 5.82 Å². The van der Waals surface area contributed by atoms with Crippen LogP contribution in [0.5, 0.6) is 0 Å². The number of benzene rings is 1. The summed E-state index contributed by atoms with van der Waals surface area (Å²) in [5.74, 6) is -2.26. The molecular weight excluding hydrogens is 464 g/mol. The molecule has 1 amide bonds. The number of hydrogen-bond donors (Lipinski definition) is 3. The Morgan fingerprint density at radius 1 is 1.24 bits per heavy atom. The lowest BCUT2D eigenvalue weighted by atomic mass is 9.99. The molecule has 0 spiro atoms. The molecule has 2 aromatic rings. The summed E-state index contributed by atoms with van der Waals surface area (Å²) in [5.41, 5.74) is -0.891. The van der Waals surface area contributed by atoms with E-state index in [0.717, 1.165) is 18.4 Å². The number of pyridine rings is 1. The molecule has 0 aliphatic heterocycles. The van der Waals surface area contributed by atoms with Crippen LogP contribution >= 0.6 is 0 Å². The molecule has 33 heavy (non-hydrogen) atoms. The molecule has 2 rings (SSSR count). The molecule has 0 saturated carbocycles. The molecule has 12 heteroatoms. The molecule has 1 heterocycles. The maximum Gasteiger partial charge on any atom is 0.417 e. The number of sulfonamides is 1. The van der Waals surface area contributed by atoms with Crippen LogP contribution in [0, 0.1) is 11.2 Å². The zero-order valence-corrected chi connectivity index (χ0v) is 19.0. The molecule has 1 unspecified atom stereocenters. The summed E-state index contributed by atoms with van der Waals surface area (Å²) >= 11 is 0. The highest BCUT2D eigenvalue weighted by Crippen LogP contribution is 2.30. The Bertz CT molecular complexity index is 1150. The number of nitrogens with zero attached hydrogens (tertiary/aromatic N) is 1. The largest absolute Gasteiger partial charge is 0.417 e. The molecule has 3 N–H and O–H groups in total. The molecule has 1 atom stereocenters. The van der Waals surface area contributed by atoms with Crippen LogP contribution in [-0.2, 0) is 27.5 Å². The summed E-state index contributed by atoms with van der Waals surface area (Å²) in [5, 5.41) is 10.6. The third kappa shape index (κ3) is 7.24. The van der Waals surface area contributed by atoms with Gasteiger partial charge in [-0.25, -0.2) is 12.8 Å². The molecule has 1 aromatic carbocycles. The molecule has 0 fully saturated rings. The predicted octanol–water partition coefficient (Wildman–Crippen LogP) is 4.20. The number of hydrogen-bond acceptors (Lipinski definition) is 5. The summed E-state index contributed by atoms with van der Waals surface area (Å²) in [7, 11) is -3.68. The second kappa shape index (κ2) is 10.3. The molecule has 0 saturated heterocycles. The van der Waals surface area contributed by atoms with Gasteiger partial charge >= 0.3 is 6.18 Å². The van der Waals surface area contributed by atoms with E-state index in [4.69, 9.17) is 5.41 Å². The second-order valence-corrected chi connectivity index (χ2v) is 9.25. The predicted molar refractivity (Wildman–Crippen MR) is 116 cm³/mol. The fourth-order valence-electron chi connectivity index (χ4n) is 2.99. The van der Waals surface area contributed by atoms with Gasteiger partial charge in [0.2, 0.25) is 15.9 Å². The maximum atomic E-state index is 14.2. The molecule has 180 valence electrons. The van der Waals surface area contributed by atoms with Gasteiger partial charge in [-0.05, 0) is 37.1 Å². The van der Waals surface area contributed by atoms with Gasteiger partial charge in [-0.15, -0.1) is 0 Å². The standard InChI is InChI=1S/C21H24F4N4O3S/c1-4-5-17(26)15-9-14(21(23,24)25)10-27-19(15)11-28-20(30)12(2)13-6-7-18(16(22)8-13)29-33(3,31)32/h6-10,12,26,29H,4-5,11H2,1-3H3,(H,28,30). The lowest BCUT2D eigenvalue weighted by molar-refractivity contribution is -0.137. The van der Waals surface area contributed by atoms with Gasteiger partial charge in [0, 0.05) is 17.5 Å². The van der Waals surface area contributed by atoms with Crippen LogP contribution < -0.4 is 10.0 Å². The van der Waals surface area contributed by atoms with Gasteiger partial charge in [0.15, 0.2) is 0 Å². The Labute approximate surface area is 189 Å². The Morgan fingerprint density at radius 3 is 2.45 bits per heavy atom. The average molecular weight is 489 g/mol. The number of rotatable bonds is 9. The summed E-state index contributed by atoms with van der Waals surface area (Å²) in [6.07, 6.45) is -2.30. The van der Waals surface area contributed by atoms with Crippen LogP contribution in [0.3, 0.4) is 0 Å². The van der Waals surface area contributed by atoms with Crippen LogP contribution in [0.1, 0.15) is 55.0 Å². The smallest absolute Gasteiger partial charge is 0.350 e. The third-order valence-electron chi connectivity index (χ3n) is 4.73. The highest BCUT2D eigenvalue weighted by Gasteiger charge is 2.32. The highest BCUT2D eigenvalue weighted by molar-refractivity contribution is 7.92. The number of halogens is 4. The van der Waals surface area contributed by atoms with Crippen molar-refractivity contribution in [3.63, 3.8) is 0 Å². The number of amides is 1. The normalized spacial score (nSPS) is 12.8. The quantitative estimate of drug-likeness (QED) is 0.363. The summed E-state index contributed by atoms with van der Waals surface area (Å²) in [6.45, 7) is 3.06. The monoisotopic (exact) mass is 488 g/mol. The van der Waals surface area contributed by atoms with E-state index in [1.165, 1.54) is 19.1 Å². The highest BCUT2D eigenvalue weighted by atomic mass is 32.2. The number of nitrogens with one attached hydrogen (secondary N) is 3. The van der Waals surface area contributed by atoms with Crippen molar-refractivity contribution in [1.82, 2.24) is 10.3 Å². The van der Waals surface area contributed by atoms with Crippen molar-refractivity contribution in [2.45, 2.75) is 45.3 Å². The summed E-state index contributed by atoms with van der Waals surface area (Å²) < 4.78 is 78.0. The van der Waals surface area contributed by atoms with Crippen molar-refractivity contribution >= 4 is 27.3 Å². The molecule has 7 nitrogen and oxygen atoms in total. The average Bonchev–Trinajstić information content (AvgIpc) is 2.71. The molecule has 0 aliphatic carbocycles. The minimum Gasteiger partial charge on any atom is -0.350 e. The second-order valence-electron chi connectivity index (χ2n) is 7.50. The molecule has 0 radical (unpaired) electrons. The van der Waals surface area contributed by atoms with Crippen molar-refractivity contribution in [3.05, 3.63) is 58.7 Å². The van der Waals surface area contributed by atoms with E-state index in [0.29, 0.717) is 12.6 Å². The Hall–Kier alpha value is -3.02. The molecule has 0 bridgehead atoms.